The number of carbonyl (C=O) groups excluding carboxylic acids is 2. The van der Waals surface area contributed by atoms with Gasteiger partial charge in [0.25, 0.3) is 5.91 Å². The lowest BCUT2D eigenvalue weighted by molar-refractivity contribution is -0.176. The van der Waals surface area contributed by atoms with Crippen LogP contribution in [-0.2, 0) is 20.7 Å². The Morgan fingerprint density at radius 2 is 2.20 bits per heavy atom. The zero-order valence-corrected chi connectivity index (χ0v) is 14.8. The molecule has 25 heavy (non-hydrogen) atoms. The molecule has 2 heterocycles. The van der Waals surface area contributed by atoms with Crippen LogP contribution in [0.25, 0.3) is 0 Å². The predicted octanol–water partition coefficient (Wildman–Crippen LogP) is 1.39. The van der Waals surface area contributed by atoms with E-state index in [0.29, 0.717) is 44.7 Å². The van der Waals surface area contributed by atoms with Crippen LogP contribution in [0.3, 0.4) is 0 Å². The van der Waals surface area contributed by atoms with E-state index in [1.807, 2.05) is 23.1 Å². The molecular formula is C19H26N2O4. The van der Waals surface area contributed by atoms with E-state index in [4.69, 9.17) is 9.47 Å². The number of carbonyl (C=O) groups is 2. The molecule has 1 atom stereocenters. The molecule has 6 nitrogen and oxygen atoms in total. The molecule has 2 amide bonds. The summed E-state index contributed by atoms with van der Waals surface area (Å²) in [5.41, 5.74) is 1.31. The van der Waals surface area contributed by atoms with E-state index in [-0.39, 0.29) is 17.4 Å². The fourth-order valence-electron chi connectivity index (χ4n) is 3.54. The summed E-state index contributed by atoms with van der Waals surface area (Å²) in [4.78, 5) is 26.2. The van der Waals surface area contributed by atoms with E-state index in [0.717, 1.165) is 25.0 Å². The lowest BCUT2D eigenvalue weighted by atomic mass is 9.94. The van der Waals surface area contributed by atoms with Gasteiger partial charge in [-0.15, -0.1) is 0 Å². The number of aryl methyl sites for hydroxylation is 1. The van der Waals surface area contributed by atoms with Crippen molar-refractivity contribution in [1.29, 1.82) is 0 Å². The summed E-state index contributed by atoms with van der Waals surface area (Å²) >= 11 is 0. The van der Waals surface area contributed by atoms with Crippen molar-refractivity contribution in [3.05, 3.63) is 35.4 Å². The average Bonchev–Trinajstić information content (AvgIpc) is 2.66. The van der Waals surface area contributed by atoms with Gasteiger partial charge in [0.15, 0.2) is 0 Å². The van der Waals surface area contributed by atoms with Crippen molar-refractivity contribution < 1.29 is 19.1 Å². The third-order valence-corrected chi connectivity index (χ3v) is 4.93. The molecule has 2 fully saturated rings. The van der Waals surface area contributed by atoms with Crippen LogP contribution in [0.5, 0.6) is 0 Å². The topological polar surface area (TPSA) is 67.9 Å². The summed E-state index contributed by atoms with van der Waals surface area (Å²) in [7, 11) is 1.61. The monoisotopic (exact) mass is 346 g/mol. The minimum absolute atomic E-state index is 0.111. The van der Waals surface area contributed by atoms with Crippen LogP contribution in [0.4, 0.5) is 0 Å². The lowest BCUT2D eigenvalue weighted by Crippen LogP contribution is -2.57. The molecule has 3 rings (SSSR count). The largest absolute Gasteiger partial charge is 0.378 e. The van der Waals surface area contributed by atoms with Gasteiger partial charge in [0.05, 0.1) is 19.8 Å². The molecular weight excluding hydrogens is 320 g/mol. The number of nitrogens with one attached hydrogen (secondary N) is 1. The summed E-state index contributed by atoms with van der Waals surface area (Å²) < 4.78 is 11.5. The molecule has 136 valence electrons. The van der Waals surface area contributed by atoms with E-state index in [2.05, 4.69) is 5.32 Å². The number of rotatable bonds is 4. The molecule has 1 aromatic rings. The third-order valence-electron chi connectivity index (χ3n) is 4.93. The van der Waals surface area contributed by atoms with Gasteiger partial charge in [-0.25, -0.2) is 0 Å². The summed E-state index contributed by atoms with van der Waals surface area (Å²) in [6, 6.07) is 7.43. The van der Waals surface area contributed by atoms with E-state index in [9.17, 15) is 9.59 Å². The maximum absolute atomic E-state index is 12.6. The van der Waals surface area contributed by atoms with Crippen LogP contribution in [-0.4, -0.2) is 62.3 Å². The standard InChI is InChI=1S/C19H26N2O4/c1-20-18(23)16-5-2-4-15(12-16)6-7-17(22)21-9-11-25-19(13-21)8-3-10-24-14-19/h2,4-5,12H,3,6-11,13-14H2,1H3,(H,20,23). The van der Waals surface area contributed by atoms with Gasteiger partial charge in [-0.05, 0) is 37.0 Å². The van der Waals surface area contributed by atoms with Gasteiger partial charge in [0.1, 0.15) is 5.60 Å². The SMILES string of the molecule is CNC(=O)c1cccc(CCC(=O)N2CCOC3(CCCOC3)C2)c1. The number of ether oxygens (including phenoxy) is 2. The normalized spacial score (nSPS) is 23.5. The number of nitrogens with zero attached hydrogens (tertiary/aromatic N) is 1. The van der Waals surface area contributed by atoms with Crippen molar-refractivity contribution in [3.8, 4) is 0 Å². The Hall–Kier alpha value is -1.92. The minimum atomic E-state index is -0.314. The third kappa shape index (κ3) is 4.38. The Morgan fingerprint density at radius 1 is 1.32 bits per heavy atom. The highest BCUT2D eigenvalue weighted by molar-refractivity contribution is 5.94. The molecule has 2 aliphatic rings. The molecule has 1 aromatic carbocycles. The number of morpholine rings is 1. The van der Waals surface area contributed by atoms with Crippen LogP contribution in [0.2, 0.25) is 0 Å². The molecule has 6 heteroatoms. The molecule has 0 aromatic heterocycles. The number of hydrogen-bond acceptors (Lipinski definition) is 4. The second-order valence-electron chi connectivity index (χ2n) is 6.78. The number of hydrogen-bond donors (Lipinski definition) is 1. The molecule has 1 spiro atoms. The Labute approximate surface area is 148 Å². The molecule has 0 bridgehead atoms. The molecule has 1 unspecified atom stereocenters. The van der Waals surface area contributed by atoms with Gasteiger partial charge in [-0.2, -0.15) is 0 Å². The first kappa shape index (κ1) is 17.9. The fourth-order valence-corrected chi connectivity index (χ4v) is 3.54. The van der Waals surface area contributed by atoms with E-state index in [1.165, 1.54) is 0 Å². The maximum Gasteiger partial charge on any atom is 0.251 e. The lowest BCUT2D eigenvalue weighted by Gasteiger charge is -2.44. The van der Waals surface area contributed by atoms with Crippen molar-refractivity contribution in [1.82, 2.24) is 10.2 Å². The van der Waals surface area contributed by atoms with Crippen LogP contribution in [0, 0.1) is 0 Å². The summed E-state index contributed by atoms with van der Waals surface area (Å²) in [5.74, 6) is 0.0270. The number of benzene rings is 1. The highest BCUT2D eigenvalue weighted by atomic mass is 16.5. The van der Waals surface area contributed by atoms with Gasteiger partial charge in [0.2, 0.25) is 5.91 Å². The van der Waals surface area contributed by atoms with E-state index in [1.54, 1.807) is 13.1 Å². The molecule has 0 saturated carbocycles. The zero-order valence-electron chi connectivity index (χ0n) is 14.8. The highest BCUT2D eigenvalue weighted by Crippen LogP contribution is 2.28. The van der Waals surface area contributed by atoms with Crippen LogP contribution < -0.4 is 5.32 Å². The van der Waals surface area contributed by atoms with E-state index < -0.39 is 0 Å². The van der Waals surface area contributed by atoms with Crippen LogP contribution in [0.15, 0.2) is 24.3 Å². The summed E-state index contributed by atoms with van der Waals surface area (Å²) in [5, 5.41) is 2.62. The van der Waals surface area contributed by atoms with Gasteiger partial charge >= 0.3 is 0 Å². The minimum Gasteiger partial charge on any atom is -0.378 e. The smallest absolute Gasteiger partial charge is 0.251 e. The van der Waals surface area contributed by atoms with Gasteiger partial charge < -0.3 is 19.7 Å². The first-order chi connectivity index (χ1) is 12.1. The fraction of sp³-hybridized carbons (Fsp3) is 0.579. The highest BCUT2D eigenvalue weighted by Gasteiger charge is 2.39. The molecule has 1 N–H and O–H groups in total. The average molecular weight is 346 g/mol. The first-order valence-corrected chi connectivity index (χ1v) is 8.92. The van der Waals surface area contributed by atoms with Gasteiger partial charge in [-0.1, -0.05) is 12.1 Å². The van der Waals surface area contributed by atoms with Crippen molar-refractivity contribution in [3.63, 3.8) is 0 Å². The predicted molar refractivity (Wildman–Crippen MR) is 93.5 cm³/mol. The summed E-state index contributed by atoms with van der Waals surface area (Å²) in [6.45, 7) is 3.18. The maximum atomic E-state index is 12.6. The van der Waals surface area contributed by atoms with Gasteiger partial charge in [-0.3, -0.25) is 9.59 Å². The Balaban J connectivity index is 1.56. The Bertz CT molecular complexity index is 620. The van der Waals surface area contributed by atoms with Crippen molar-refractivity contribution in [2.24, 2.45) is 0 Å². The number of amides is 2. The van der Waals surface area contributed by atoms with Gasteiger partial charge in [0, 0.05) is 32.2 Å². The quantitative estimate of drug-likeness (QED) is 0.895. The molecule has 2 aliphatic heterocycles. The summed E-state index contributed by atoms with van der Waals surface area (Å²) in [6.07, 6.45) is 3.00. The molecule has 0 aliphatic carbocycles. The second kappa shape index (κ2) is 7.97. The van der Waals surface area contributed by atoms with Crippen LogP contribution in [0.1, 0.15) is 35.2 Å². The molecule has 0 radical (unpaired) electrons. The van der Waals surface area contributed by atoms with Crippen LogP contribution >= 0.6 is 0 Å². The van der Waals surface area contributed by atoms with Crippen molar-refractivity contribution >= 4 is 11.8 Å². The Kier molecular flexibility index (Phi) is 5.71. The second-order valence-corrected chi connectivity index (χ2v) is 6.78. The molecule has 2 saturated heterocycles. The Morgan fingerprint density at radius 3 is 2.96 bits per heavy atom. The van der Waals surface area contributed by atoms with E-state index >= 15 is 0 Å². The van der Waals surface area contributed by atoms with Crippen molar-refractivity contribution in [2.75, 3.05) is 40.0 Å². The van der Waals surface area contributed by atoms with Crippen molar-refractivity contribution in [2.45, 2.75) is 31.3 Å². The zero-order chi connectivity index (χ0) is 17.7. The first-order valence-electron chi connectivity index (χ1n) is 8.92.